The molecule has 0 aliphatic carbocycles. The molecule has 1 atom stereocenters. The maximum Gasteiger partial charge on any atom is 0.306 e. The number of aryl methyl sites for hydroxylation is 1. The van der Waals surface area contributed by atoms with E-state index in [0.717, 1.165) is 28.0 Å². The molecule has 2 aromatic rings. The van der Waals surface area contributed by atoms with Crippen LogP contribution in [0.2, 0.25) is 0 Å². The fourth-order valence-electron chi connectivity index (χ4n) is 3.09. The summed E-state index contributed by atoms with van der Waals surface area (Å²) in [7, 11) is 1.41. The second-order valence-corrected chi connectivity index (χ2v) is 7.17. The summed E-state index contributed by atoms with van der Waals surface area (Å²) in [6.45, 7) is 5.49. The average molecular weight is 404 g/mol. The van der Waals surface area contributed by atoms with Gasteiger partial charge in [-0.05, 0) is 36.6 Å². The van der Waals surface area contributed by atoms with E-state index in [9.17, 15) is 4.79 Å². The molecule has 1 unspecified atom stereocenters. The number of rotatable bonds is 5. The monoisotopic (exact) mass is 403 g/mol. The van der Waals surface area contributed by atoms with Crippen LogP contribution in [0.25, 0.3) is 0 Å². The summed E-state index contributed by atoms with van der Waals surface area (Å²) >= 11 is 3.64. The van der Waals surface area contributed by atoms with Gasteiger partial charge in [-0.2, -0.15) is 0 Å². The number of ether oxygens (including phenoxy) is 2. The number of hydrogen-bond acceptors (Lipinski definition) is 4. The number of anilines is 1. The maximum absolute atomic E-state index is 11.5. The van der Waals surface area contributed by atoms with E-state index in [1.54, 1.807) is 0 Å². The van der Waals surface area contributed by atoms with Gasteiger partial charge in [0.05, 0.1) is 20.1 Å². The van der Waals surface area contributed by atoms with Crippen LogP contribution >= 0.6 is 15.9 Å². The highest BCUT2D eigenvalue weighted by atomic mass is 79.9. The van der Waals surface area contributed by atoms with Gasteiger partial charge >= 0.3 is 5.97 Å². The first-order valence-electron chi connectivity index (χ1n) is 8.31. The lowest BCUT2D eigenvalue weighted by atomic mass is 9.97. The summed E-state index contributed by atoms with van der Waals surface area (Å²) < 4.78 is 11.7. The summed E-state index contributed by atoms with van der Waals surface area (Å²) in [5.41, 5.74) is 5.83. The van der Waals surface area contributed by atoms with E-state index in [1.807, 2.05) is 18.2 Å². The Labute approximate surface area is 156 Å². The molecular weight excluding hydrogens is 382 g/mol. The van der Waals surface area contributed by atoms with Crippen molar-refractivity contribution >= 4 is 27.6 Å². The van der Waals surface area contributed by atoms with Crippen LogP contribution in [0.4, 0.5) is 5.69 Å². The van der Waals surface area contributed by atoms with Gasteiger partial charge in [0, 0.05) is 34.3 Å². The third kappa shape index (κ3) is 3.82. The lowest BCUT2D eigenvalue weighted by Crippen LogP contribution is -2.09. The molecule has 0 saturated heterocycles. The Morgan fingerprint density at radius 3 is 2.88 bits per heavy atom. The zero-order valence-electron chi connectivity index (χ0n) is 14.7. The molecule has 0 spiro atoms. The Hall–Kier alpha value is -2.01. The molecule has 3 rings (SSSR count). The highest BCUT2D eigenvalue weighted by Gasteiger charge is 2.26. The lowest BCUT2D eigenvalue weighted by Gasteiger charge is -2.13. The number of carbonyl (C=O) groups excluding carboxylic acids is 1. The van der Waals surface area contributed by atoms with E-state index in [-0.39, 0.29) is 11.9 Å². The number of methoxy groups -OCH3 is 1. The molecule has 0 amide bonds. The Morgan fingerprint density at radius 2 is 2.12 bits per heavy atom. The second kappa shape index (κ2) is 7.48. The minimum atomic E-state index is -0.205. The van der Waals surface area contributed by atoms with Crippen molar-refractivity contribution in [2.75, 3.05) is 19.0 Å². The summed E-state index contributed by atoms with van der Waals surface area (Å²) in [6.07, 6.45) is 0.354. The highest BCUT2D eigenvalue weighted by molar-refractivity contribution is 9.10. The van der Waals surface area contributed by atoms with E-state index in [0.29, 0.717) is 13.0 Å². The van der Waals surface area contributed by atoms with Crippen molar-refractivity contribution in [3.63, 3.8) is 0 Å². The Balaban J connectivity index is 1.70. The zero-order valence-corrected chi connectivity index (χ0v) is 16.3. The van der Waals surface area contributed by atoms with Gasteiger partial charge in [-0.1, -0.05) is 34.1 Å². The van der Waals surface area contributed by atoms with Crippen LogP contribution in [0.1, 0.15) is 34.6 Å². The van der Waals surface area contributed by atoms with Crippen molar-refractivity contribution in [3.8, 4) is 5.75 Å². The Bertz CT molecular complexity index is 804. The van der Waals surface area contributed by atoms with Gasteiger partial charge < -0.3 is 14.8 Å². The molecule has 132 valence electrons. The third-order valence-corrected chi connectivity index (χ3v) is 5.93. The van der Waals surface area contributed by atoms with Crippen LogP contribution in [0.5, 0.6) is 5.75 Å². The zero-order chi connectivity index (χ0) is 18.0. The molecule has 2 aromatic carbocycles. The van der Waals surface area contributed by atoms with E-state index in [2.05, 4.69) is 47.2 Å². The number of fused-ring (bicyclic) bond motifs is 1. The van der Waals surface area contributed by atoms with Crippen molar-refractivity contribution in [2.45, 2.75) is 32.7 Å². The summed E-state index contributed by atoms with van der Waals surface area (Å²) in [5.74, 6) is 0.719. The third-order valence-electron chi connectivity index (χ3n) is 4.71. The first-order chi connectivity index (χ1) is 12.0. The Morgan fingerprint density at radius 1 is 1.32 bits per heavy atom. The molecule has 1 N–H and O–H groups in total. The molecule has 5 heteroatoms. The maximum atomic E-state index is 11.5. The SMILES string of the molecule is COC(=O)CC1COc2cc(NCc3ccc(C)c(Br)c3C)ccc21. The number of nitrogens with one attached hydrogen (secondary N) is 1. The predicted molar refractivity (Wildman–Crippen MR) is 102 cm³/mol. The number of benzene rings is 2. The molecule has 0 aromatic heterocycles. The van der Waals surface area contributed by atoms with Gasteiger partial charge in [0.15, 0.2) is 0 Å². The summed E-state index contributed by atoms with van der Waals surface area (Å²) in [5, 5.41) is 3.45. The van der Waals surface area contributed by atoms with Gasteiger partial charge in [-0.25, -0.2) is 0 Å². The minimum absolute atomic E-state index is 0.0757. The van der Waals surface area contributed by atoms with Crippen molar-refractivity contribution < 1.29 is 14.3 Å². The quantitative estimate of drug-likeness (QED) is 0.733. The van der Waals surface area contributed by atoms with Gasteiger partial charge in [0.2, 0.25) is 0 Å². The fourth-order valence-corrected chi connectivity index (χ4v) is 3.48. The summed E-state index contributed by atoms with van der Waals surface area (Å²) in [4.78, 5) is 11.5. The number of hydrogen-bond donors (Lipinski definition) is 1. The molecule has 4 nitrogen and oxygen atoms in total. The van der Waals surface area contributed by atoms with Crippen molar-refractivity contribution in [1.29, 1.82) is 0 Å². The fraction of sp³-hybridized carbons (Fsp3) is 0.350. The minimum Gasteiger partial charge on any atom is -0.493 e. The van der Waals surface area contributed by atoms with Gasteiger partial charge in [0.1, 0.15) is 5.75 Å². The normalized spacial score (nSPS) is 15.4. The molecule has 0 saturated carbocycles. The number of carbonyl (C=O) groups is 1. The van der Waals surface area contributed by atoms with E-state index < -0.39 is 0 Å². The molecule has 0 radical (unpaired) electrons. The number of esters is 1. The smallest absolute Gasteiger partial charge is 0.306 e. The lowest BCUT2D eigenvalue weighted by molar-refractivity contribution is -0.141. The summed E-state index contributed by atoms with van der Waals surface area (Å²) in [6, 6.07) is 10.4. The number of halogens is 1. The molecule has 0 bridgehead atoms. The van der Waals surface area contributed by atoms with Gasteiger partial charge in [-0.15, -0.1) is 0 Å². The standard InChI is InChI=1S/C20H22BrNO3/c1-12-4-5-14(13(2)20(12)21)10-22-16-6-7-17-15(8-19(23)24-3)11-25-18(17)9-16/h4-7,9,15,22H,8,10-11H2,1-3H3. The molecule has 25 heavy (non-hydrogen) atoms. The van der Waals surface area contributed by atoms with Crippen LogP contribution in [0, 0.1) is 13.8 Å². The molecule has 1 heterocycles. The van der Waals surface area contributed by atoms with Gasteiger partial charge in [0.25, 0.3) is 0 Å². The van der Waals surface area contributed by atoms with Crippen LogP contribution < -0.4 is 10.1 Å². The first-order valence-corrected chi connectivity index (χ1v) is 9.11. The predicted octanol–water partition coefficient (Wildman–Crippen LogP) is 4.72. The first kappa shape index (κ1) is 17.8. The van der Waals surface area contributed by atoms with Crippen LogP contribution in [0.15, 0.2) is 34.8 Å². The van der Waals surface area contributed by atoms with E-state index in [4.69, 9.17) is 9.47 Å². The van der Waals surface area contributed by atoms with Crippen molar-refractivity contribution in [3.05, 3.63) is 57.1 Å². The van der Waals surface area contributed by atoms with Crippen molar-refractivity contribution in [2.24, 2.45) is 0 Å². The van der Waals surface area contributed by atoms with Crippen LogP contribution in [-0.4, -0.2) is 19.7 Å². The molecule has 1 aliphatic rings. The molecule has 0 fully saturated rings. The molecular formula is C20H22BrNO3. The highest BCUT2D eigenvalue weighted by Crippen LogP contribution is 2.38. The average Bonchev–Trinajstić information content (AvgIpc) is 3.01. The largest absolute Gasteiger partial charge is 0.493 e. The van der Waals surface area contributed by atoms with E-state index in [1.165, 1.54) is 23.8 Å². The van der Waals surface area contributed by atoms with Crippen LogP contribution in [-0.2, 0) is 16.1 Å². The van der Waals surface area contributed by atoms with Crippen molar-refractivity contribution in [1.82, 2.24) is 0 Å². The Kier molecular flexibility index (Phi) is 5.33. The topological polar surface area (TPSA) is 47.6 Å². The van der Waals surface area contributed by atoms with Crippen LogP contribution in [0.3, 0.4) is 0 Å². The van der Waals surface area contributed by atoms with Gasteiger partial charge in [-0.3, -0.25) is 4.79 Å². The second-order valence-electron chi connectivity index (χ2n) is 6.37. The molecule has 1 aliphatic heterocycles. The van der Waals surface area contributed by atoms with E-state index >= 15 is 0 Å².